The third kappa shape index (κ3) is 3.66. The van der Waals surface area contributed by atoms with E-state index in [2.05, 4.69) is 4.98 Å². The van der Waals surface area contributed by atoms with Crippen molar-refractivity contribution in [2.45, 2.75) is 18.7 Å². The molecule has 0 aliphatic rings. The molecule has 3 aromatic rings. The second-order valence-electron chi connectivity index (χ2n) is 6.29. The van der Waals surface area contributed by atoms with Gasteiger partial charge in [-0.25, -0.2) is 8.42 Å². The van der Waals surface area contributed by atoms with Crippen LogP contribution >= 0.6 is 11.6 Å². The predicted molar refractivity (Wildman–Crippen MR) is 111 cm³/mol. The molecule has 1 heterocycles. The number of pyridine rings is 1. The molecular weight excluding hydrogens is 396 g/mol. The van der Waals surface area contributed by atoms with Gasteiger partial charge in [0, 0.05) is 27.9 Å². The van der Waals surface area contributed by atoms with Crippen LogP contribution in [0.4, 0.5) is 0 Å². The number of halogens is 1. The van der Waals surface area contributed by atoms with Gasteiger partial charge in [0.1, 0.15) is 0 Å². The van der Waals surface area contributed by atoms with Crippen LogP contribution in [-0.2, 0) is 9.84 Å². The summed E-state index contributed by atoms with van der Waals surface area (Å²) in [7, 11) is -3.53. The lowest BCUT2D eigenvalue weighted by molar-refractivity contribution is 0.0999. The first-order valence-electron chi connectivity index (χ1n) is 8.63. The molecule has 0 saturated carbocycles. The minimum Gasteiger partial charge on any atom is -0.366 e. The van der Waals surface area contributed by atoms with Crippen LogP contribution in [0.15, 0.2) is 59.6 Å². The van der Waals surface area contributed by atoms with Crippen molar-refractivity contribution >= 4 is 27.3 Å². The molecule has 144 valence electrons. The van der Waals surface area contributed by atoms with Crippen molar-refractivity contribution in [3.63, 3.8) is 0 Å². The second-order valence-corrected chi connectivity index (χ2v) is 8.94. The number of carbonyl (C=O) groups excluding carboxylic acids is 1. The number of nitrogens with two attached hydrogens (primary N) is 1. The molecular formula is C21H19ClN2O3S. The molecule has 0 aliphatic carbocycles. The highest BCUT2D eigenvalue weighted by Gasteiger charge is 2.23. The van der Waals surface area contributed by atoms with Gasteiger partial charge in [0.2, 0.25) is 5.91 Å². The normalized spacial score (nSPS) is 11.4. The van der Waals surface area contributed by atoms with Crippen molar-refractivity contribution in [3.8, 4) is 22.4 Å². The number of sulfone groups is 1. The zero-order chi connectivity index (χ0) is 20.5. The number of rotatable bonds is 5. The Balaban J connectivity index is 2.34. The van der Waals surface area contributed by atoms with Crippen LogP contribution in [0.5, 0.6) is 0 Å². The molecule has 1 amide bonds. The number of hydrogen-bond donors (Lipinski definition) is 1. The van der Waals surface area contributed by atoms with E-state index in [0.29, 0.717) is 33.0 Å². The number of hydrogen-bond acceptors (Lipinski definition) is 4. The molecule has 28 heavy (non-hydrogen) atoms. The van der Waals surface area contributed by atoms with Crippen LogP contribution in [-0.4, -0.2) is 25.1 Å². The largest absolute Gasteiger partial charge is 0.366 e. The monoisotopic (exact) mass is 414 g/mol. The van der Waals surface area contributed by atoms with Gasteiger partial charge >= 0.3 is 0 Å². The lowest BCUT2D eigenvalue weighted by Crippen LogP contribution is -2.15. The van der Waals surface area contributed by atoms with Crippen LogP contribution in [0, 0.1) is 6.92 Å². The highest BCUT2D eigenvalue weighted by Crippen LogP contribution is 2.37. The standard InChI is InChI=1S/C21H19ClN2O3S/c1-3-28(26,27)19-10-8-15(21(23)25)13(2)20(19)14-7-9-17(22)16(12-14)18-6-4-5-11-24-18/h4-12H,3H2,1-2H3,(H2,23,25). The molecule has 1 aromatic heterocycles. The van der Waals surface area contributed by atoms with E-state index in [9.17, 15) is 13.2 Å². The van der Waals surface area contributed by atoms with Crippen LogP contribution < -0.4 is 5.73 Å². The first-order valence-corrected chi connectivity index (χ1v) is 10.7. The Hall–Kier alpha value is -2.70. The van der Waals surface area contributed by atoms with Gasteiger partial charge in [-0.2, -0.15) is 0 Å². The number of nitrogens with zero attached hydrogens (tertiary/aromatic N) is 1. The van der Waals surface area contributed by atoms with Crippen molar-refractivity contribution in [2.75, 3.05) is 5.75 Å². The quantitative estimate of drug-likeness (QED) is 0.674. The summed E-state index contributed by atoms with van der Waals surface area (Å²) < 4.78 is 25.4. The summed E-state index contributed by atoms with van der Waals surface area (Å²) in [6.45, 7) is 3.27. The van der Waals surface area contributed by atoms with Crippen LogP contribution in [0.25, 0.3) is 22.4 Å². The SMILES string of the molecule is CCS(=O)(=O)c1ccc(C(N)=O)c(C)c1-c1ccc(Cl)c(-c2ccccn2)c1. The van der Waals surface area contributed by atoms with E-state index in [1.165, 1.54) is 12.1 Å². The van der Waals surface area contributed by atoms with Crippen LogP contribution in [0.2, 0.25) is 5.02 Å². The number of aromatic nitrogens is 1. The molecule has 0 radical (unpaired) electrons. The van der Waals surface area contributed by atoms with Crippen molar-refractivity contribution in [1.29, 1.82) is 0 Å². The summed E-state index contributed by atoms with van der Waals surface area (Å²) in [5.41, 5.74) is 8.67. The van der Waals surface area contributed by atoms with E-state index < -0.39 is 15.7 Å². The predicted octanol–water partition coefficient (Wildman–Crippen LogP) is 4.27. The minimum atomic E-state index is -3.53. The fourth-order valence-electron chi connectivity index (χ4n) is 3.13. The maximum absolute atomic E-state index is 12.7. The van der Waals surface area contributed by atoms with Crippen molar-refractivity contribution in [1.82, 2.24) is 4.98 Å². The fourth-order valence-corrected chi connectivity index (χ4v) is 4.51. The molecule has 2 N–H and O–H groups in total. The molecule has 3 rings (SSSR count). The molecule has 0 unspecified atom stereocenters. The van der Waals surface area contributed by atoms with Crippen LogP contribution in [0.1, 0.15) is 22.8 Å². The Morgan fingerprint density at radius 3 is 2.50 bits per heavy atom. The topological polar surface area (TPSA) is 90.1 Å². The fraction of sp³-hybridized carbons (Fsp3) is 0.143. The highest BCUT2D eigenvalue weighted by molar-refractivity contribution is 7.91. The lowest BCUT2D eigenvalue weighted by atomic mass is 9.94. The summed E-state index contributed by atoms with van der Waals surface area (Å²) >= 11 is 6.36. The Bertz CT molecular complexity index is 1160. The van der Waals surface area contributed by atoms with Gasteiger partial charge in [0.05, 0.1) is 16.3 Å². The van der Waals surface area contributed by atoms with Crippen LogP contribution in [0.3, 0.4) is 0 Å². The van der Waals surface area contributed by atoms with E-state index >= 15 is 0 Å². The van der Waals surface area contributed by atoms with Gasteiger partial charge in [0.25, 0.3) is 0 Å². The zero-order valence-electron chi connectivity index (χ0n) is 15.4. The molecule has 0 spiro atoms. The Labute approximate surface area is 169 Å². The molecule has 0 bridgehead atoms. The Kier molecular flexibility index (Phi) is 5.54. The summed E-state index contributed by atoms with van der Waals surface area (Å²) in [4.78, 5) is 16.3. The molecule has 5 nitrogen and oxygen atoms in total. The zero-order valence-corrected chi connectivity index (χ0v) is 17.0. The highest BCUT2D eigenvalue weighted by atomic mass is 35.5. The lowest BCUT2D eigenvalue weighted by Gasteiger charge is -2.16. The smallest absolute Gasteiger partial charge is 0.248 e. The first kappa shape index (κ1) is 20.0. The van der Waals surface area contributed by atoms with E-state index in [0.717, 1.165) is 0 Å². The average Bonchev–Trinajstić information content (AvgIpc) is 2.68. The van der Waals surface area contributed by atoms with Gasteiger partial charge in [-0.05, 0) is 54.4 Å². The molecule has 0 atom stereocenters. The molecule has 0 aliphatic heterocycles. The van der Waals surface area contributed by atoms with E-state index in [-0.39, 0.29) is 16.2 Å². The minimum absolute atomic E-state index is 0.0595. The maximum atomic E-state index is 12.7. The first-order chi connectivity index (χ1) is 13.3. The number of carbonyl (C=O) groups is 1. The number of primary amides is 1. The summed E-state index contributed by atoms with van der Waals surface area (Å²) in [5.74, 6) is -0.672. The molecule has 0 saturated heterocycles. The van der Waals surface area contributed by atoms with Gasteiger partial charge < -0.3 is 5.73 Å². The average molecular weight is 415 g/mol. The van der Waals surface area contributed by atoms with E-state index in [1.54, 1.807) is 44.3 Å². The molecule has 0 fully saturated rings. The van der Waals surface area contributed by atoms with Gasteiger partial charge in [0.15, 0.2) is 9.84 Å². The second kappa shape index (κ2) is 7.73. The maximum Gasteiger partial charge on any atom is 0.248 e. The summed E-state index contributed by atoms with van der Waals surface area (Å²) in [5, 5.41) is 0.492. The summed E-state index contributed by atoms with van der Waals surface area (Å²) in [6, 6.07) is 13.6. The van der Waals surface area contributed by atoms with Gasteiger partial charge in [-0.1, -0.05) is 30.7 Å². The molecule has 7 heteroatoms. The third-order valence-electron chi connectivity index (χ3n) is 4.60. The van der Waals surface area contributed by atoms with Crippen molar-refractivity contribution < 1.29 is 13.2 Å². The van der Waals surface area contributed by atoms with Gasteiger partial charge in [-0.3, -0.25) is 9.78 Å². The van der Waals surface area contributed by atoms with E-state index in [1.807, 2.05) is 12.1 Å². The van der Waals surface area contributed by atoms with Gasteiger partial charge in [-0.15, -0.1) is 0 Å². The van der Waals surface area contributed by atoms with Crippen molar-refractivity contribution in [3.05, 3.63) is 70.9 Å². The Morgan fingerprint density at radius 2 is 1.89 bits per heavy atom. The number of amides is 1. The third-order valence-corrected chi connectivity index (χ3v) is 6.70. The van der Waals surface area contributed by atoms with Crippen molar-refractivity contribution in [2.24, 2.45) is 5.73 Å². The van der Waals surface area contributed by atoms with E-state index in [4.69, 9.17) is 17.3 Å². The number of benzene rings is 2. The molecule has 2 aromatic carbocycles. The summed E-state index contributed by atoms with van der Waals surface area (Å²) in [6.07, 6.45) is 1.66. The Morgan fingerprint density at radius 1 is 1.14 bits per heavy atom.